The number of benzene rings is 1. The molecule has 0 bridgehead atoms. The molecule has 0 saturated heterocycles. The highest BCUT2D eigenvalue weighted by atomic mass is 16.1. The summed E-state index contributed by atoms with van der Waals surface area (Å²) in [6, 6.07) is 7.54. The van der Waals surface area contributed by atoms with Crippen molar-refractivity contribution >= 4 is 11.6 Å². The van der Waals surface area contributed by atoms with Crippen molar-refractivity contribution in [3.8, 4) is 0 Å². The van der Waals surface area contributed by atoms with Crippen LogP contribution in [0.4, 0.5) is 5.69 Å². The fourth-order valence-electron chi connectivity index (χ4n) is 1.71. The molecule has 0 aromatic heterocycles. The molecule has 1 aromatic carbocycles. The molecule has 2 N–H and O–H groups in total. The molecule has 1 rings (SSSR count). The van der Waals surface area contributed by atoms with Crippen molar-refractivity contribution < 1.29 is 4.79 Å². The molecule has 0 saturated carbocycles. The second-order valence-electron chi connectivity index (χ2n) is 4.59. The quantitative estimate of drug-likeness (QED) is 0.743. The van der Waals surface area contributed by atoms with E-state index in [9.17, 15) is 4.79 Å². The average molecular weight is 234 g/mol. The Bertz CT molecular complexity index is 361. The van der Waals surface area contributed by atoms with Gasteiger partial charge in [0.15, 0.2) is 0 Å². The van der Waals surface area contributed by atoms with Crippen molar-refractivity contribution in [3.63, 3.8) is 0 Å². The minimum atomic E-state index is -0.00120. The third kappa shape index (κ3) is 4.47. The molecule has 0 fully saturated rings. The molecule has 0 atom stereocenters. The van der Waals surface area contributed by atoms with Gasteiger partial charge in [-0.3, -0.25) is 4.79 Å². The van der Waals surface area contributed by atoms with E-state index in [0.29, 0.717) is 11.5 Å². The van der Waals surface area contributed by atoms with Crippen LogP contribution in [0, 0.1) is 5.92 Å². The summed E-state index contributed by atoms with van der Waals surface area (Å²) in [4.78, 5) is 11.9. The van der Waals surface area contributed by atoms with Gasteiger partial charge in [-0.05, 0) is 30.9 Å². The molecule has 0 spiro atoms. The number of nitrogens with one attached hydrogen (secondary N) is 2. The van der Waals surface area contributed by atoms with E-state index in [0.717, 1.165) is 25.1 Å². The highest BCUT2D eigenvalue weighted by molar-refractivity contribution is 5.99. The van der Waals surface area contributed by atoms with Gasteiger partial charge in [0.05, 0.1) is 5.56 Å². The first-order chi connectivity index (χ1) is 8.15. The fourth-order valence-corrected chi connectivity index (χ4v) is 1.71. The molecule has 3 nitrogen and oxygen atoms in total. The molecule has 0 heterocycles. The monoisotopic (exact) mass is 234 g/mol. The lowest BCUT2D eigenvalue weighted by atomic mass is 10.1. The summed E-state index contributed by atoms with van der Waals surface area (Å²) in [5.74, 6) is 0.690. The lowest BCUT2D eigenvalue weighted by Gasteiger charge is -2.10. The topological polar surface area (TPSA) is 41.1 Å². The van der Waals surface area contributed by atoms with Gasteiger partial charge in [0.2, 0.25) is 0 Å². The molecule has 1 amide bonds. The van der Waals surface area contributed by atoms with Crippen LogP contribution in [-0.4, -0.2) is 19.5 Å². The molecule has 1 aromatic rings. The zero-order chi connectivity index (χ0) is 12.7. The van der Waals surface area contributed by atoms with E-state index in [1.54, 1.807) is 0 Å². The van der Waals surface area contributed by atoms with E-state index < -0.39 is 0 Å². The van der Waals surface area contributed by atoms with E-state index in [-0.39, 0.29) is 5.91 Å². The summed E-state index contributed by atoms with van der Waals surface area (Å²) in [7, 11) is 1.82. The number of carbonyl (C=O) groups is 1. The smallest absolute Gasteiger partial charge is 0.253 e. The molecular weight excluding hydrogens is 212 g/mol. The third-order valence-electron chi connectivity index (χ3n) is 2.68. The van der Waals surface area contributed by atoms with Crippen LogP contribution in [0.15, 0.2) is 24.3 Å². The predicted octanol–water partition coefficient (Wildman–Crippen LogP) is 2.89. The number of para-hydroxylation sites is 1. The van der Waals surface area contributed by atoms with Gasteiger partial charge in [-0.15, -0.1) is 0 Å². The maximum absolute atomic E-state index is 11.9. The van der Waals surface area contributed by atoms with Crippen molar-refractivity contribution in [1.29, 1.82) is 0 Å². The highest BCUT2D eigenvalue weighted by Gasteiger charge is 2.08. The lowest BCUT2D eigenvalue weighted by molar-refractivity contribution is 0.0953. The van der Waals surface area contributed by atoms with Crippen LogP contribution in [0.25, 0.3) is 0 Å². The SMILES string of the molecule is CNc1ccccc1C(=O)NCCCC(C)C. The first-order valence-electron chi connectivity index (χ1n) is 6.20. The van der Waals surface area contributed by atoms with Gasteiger partial charge in [-0.2, -0.15) is 0 Å². The van der Waals surface area contributed by atoms with Gasteiger partial charge in [0, 0.05) is 19.3 Å². The second kappa shape index (κ2) is 6.94. The number of carbonyl (C=O) groups excluding carboxylic acids is 1. The Hall–Kier alpha value is -1.51. The van der Waals surface area contributed by atoms with Gasteiger partial charge >= 0.3 is 0 Å². The summed E-state index contributed by atoms with van der Waals surface area (Å²) in [5.41, 5.74) is 1.58. The van der Waals surface area contributed by atoms with Gasteiger partial charge in [0.25, 0.3) is 5.91 Å². The molecule has 0 radical (unpaired) electrons. The first kappa shape index (κ1) is 13.6. The Kier molecular flexibility index (Phi) is 5.53. The Morgan fingerprint density at radius 1 is 1.29 bits per heavy atom. The third-order valence-corrected chi connectivity index (χ3v) is 2.68. The standard InChI is InChI=1S/C14H22N2O/c1-11(2)7-6-10-16-14(17)12-8-4-5-9-13(12)15-3/h4-5,8-9,11,15H,6-7,10H2,1-3H3,(H,16,17). The average Bonchev–Trinajstić information content (AvgIpc) is 2.34. The molecule has 17 heavy (non-hydrogen) atoms. The molecular formula is C14H22N2O. The van der Waals surface area contributed by atoms with Crippen LogP contribution in [0.1, 0.15) is 37.0 Å². The summed E-state index contributed by atoms with van der Waals surface area (Å²) >= 11 is 0. The molecule has 0 aliphatic heterocycles. The van der Waals surface area contributed by atoms with Gasteiger partial charge in [0.1, 0.15) is 0 Å². The minimum absolute atomic E-state index is 0.00120. The highest BCUT2D eigenvalue weighted by Crippen LogP contribution is 2.13. The van der Waals surface area contributed by atoms with Crippen molar-refractivity contribution in [2.24, 2.45) is 5.92 Å². The Morgan fingerprint density at radius 3 is 2.65 bits per heavy atom. The maximum atomic E-state index is 11.9. The maximum Gasteiger partial charge on any atom is 0.253 e. The van der Waals surface area contributed by atoms with E-state index in [4.69, 9.17) is 0 Å². The van der Waals surface area contributed by atoms with Gasteiger partial charge in [-0.25, -0.2) is 0 Å². The Morgan fingerprint density at radius 2 is 2.00 bits per heavy atom. The molecule has 94 valence electrons. The number of hydrogen-bond acceptors (Lipinski definition) is 2. The normalized spacial score (nSPS) is 10.4. The van der Waals surface area contributed by atoms with Crippen molar-refractivity contribution in [1.82, 2.24) is 5.32 Å². The summed E-state index contributed by atoms with van der Waals surface area (Å²) < 4.78 is 0. The summed E-state index contributed by atoms with van der Waals surface area (Å²) in [6.07, 6.45) is 2.18. The summed E-state index contributed by atoms with van der Waals surface area (Å²) in [5, 5.41) is 5.97. The van der Waals surface area contributed by atoms with Crippen LogP contribution in [-0.2, 0) is 0 Å². The second-order valence-corrected chi connectivity index (χ2v) is 4.59. The Labute approximate surface area is 104 Å². The van der Waals surface area contributed by atoms with Crippen LogP contribution < -0.4 is 10.6 Å². The fraction of sp³-hybridized carbons (Fsp3) is 0.500. The van der Waals surface area contributed by atoms with Gasteiger partial charge in [-0.1, -0.05) is 26.0 Å². The van der Waals surface area contributed by atoms with E-state index >= 15 is 0 Å². The van der Waals surface area contributed by atoms with Crippen molar-refractivity contribution in [2.45, 2.75) is 26.7 Å². The predicted molar refractivity (Wildman–Crippen MR) is 72.4 cm³/mol. The number of anilines is 1. The van der Waals surface area contributed by atoms with Crippen LogP contribution in [0.2, 0.25) is 0 Å². The van der Waals surface area contributed by atoms with Crippen LogP contribution in [0.5, 0.6) is 0 Å². The van der Waals surface area contributed by atoms with E-state index in [2.05, 4.69) is 24.5 Å². The number of rotatable bonds is 6. The number of hydrogen-bond donors (Lipinski definition) is 2. The number of amides is 1. The summed E-state index contributed by atoms with van der Waals surface area (Å²) in [6.45, 7) is 5.13. The lowest BCUT2D eigenvalue weighted by Crippen LogP contribution is -2.25. The zero-order valence-corrected chi connectivity index (χ0v) is 10.9. The van der Waals surface area contributed by atoms with E-state index in [1.807, 2.05) is 31.3 Å². The van der Waals surface area contributed by atoms with E-state index in [1.165, 1.54) is 0 Å². The molecule has 0 unspecified atom stereocenters. The molecule has 3 heteroatoms. The Balaban J connectivity index is 2.47. The first-order valence-corrected chi connectivity index (χ1v) is 6.20. The van der Waals surface area contributed by atoms with Gasteiger partial charge < -0.3 is 10.6 Å². The van der Waals surface area contributed by atoms with Crippen LogP contribution >= 0.6 is 0 Å². The molecule has 0 aliphatic carbocycles. The largest absolute Gasteiger partial charge is 0.387 e. The van der Waals surface area contributed by atoms with Crippen molar-refractivity contribution in [3.05, 3.63) is 29.8 Å². The van der Waals surface area contributed by atoms with Crippen molar-refractivity contribution in [2.75, 3.05) is 18.9 Å². The minimum Gasteiger partial charge on any atom is -0.387 e. The zero-order valence-electron chi connectivity index (χ0n) is 10.9. The molecule has 0 aliphatic rings. The van der Waals surface area contributed by atoms with Crippen LogP contribution in [0.3, 0.4) is 0 Å².